The van der Waals surface area contributed by atoms with Crippen molar-refractivity contribution in [2.45, 2.75) is 216 Å². The van der Waals surface area contributed by atoms with Gasteiger partial charge in [0.15, 0.2) is 5.96 Å². The number of benzene rings is 2. The number of aromatic nitrogens is 6. The molecule has 45 heteroatoms. The molecule has 2 aromatic carbocycles. The fraction of sp³-hybridized carbons (Fsp3) is 0.535. The normalized spacial score (nSPS) is 23.6. The molecule has 4 aromatic heterocycles. The van der Waals surface area contributed by atoms with E-state index in [-0.39, 0.29) is 89.6 Å². The van der Waals surface area contributed by atoms with Crippen molar-refractivity contribution >= 4 is 140 Å². The van der Waals surface area contributed by atoms with E-state index >= 15 is 24.0 Å². The third-order valence-electron chi connectivity index (χ3n) is 22.8. The number of carbonyl (C=O) groups is 17. The van der Waals surface area contributed by atoms with Gasteiger partial charge in [-0.05, 0) is 81.0 Å². The number of aliphatic hydroxyl groups is 1. The van der Waals surface area contributed by atoms with E-state index in [1.54, 1.807) is 74.8 Å². The molecule has 6 heterocycles. The predicted molar refractivity (Wildman–Crippen MR) is 482 cm³/mol. The van der Waals surface area contributed by atoms with E-state index in [0.29, 0.717) is 70.0 Å². The van der Waals surface area contributed by atoms with Crippen LogP contribution in [0.1, 0.15) is 134 Å². The van der Waals surface area contributed by atoms with E-state index < -0.39 is 223 Å². The van der Waals surface area contributed by atoms with Crippen molar-refractivity contribution in [2.75, 3.05) is 72.5 Å². The Morgan fingerprint density at radius 2 is 1.05 bits per heavy atom. The minimum Gasteiger partial charge on any atom is -0.394 e. The maximum atomic E-state index is 15.7. The van der Waals surface area contributed by atoms with Gasteiger partial charge in [-0.1, -0.05) is 89.8 Å². The van der Waals surface area contributed by atoms with E-state index in [0.717, 1.165) is 36.3 Å². The van der Waals surface area contributed by atoms with Crippen LogP contribution >= 0.6 is 11.8 Å². The maximum absolute atomic E-state index is 15.7. The average Bonchev–Trinajstić information content (AvgIpc) is 1.77. The molecule has 2 saturated heterocycles. The fourth-order valence-electron chi connectivity index (χ4n) is 15.6. The number of unbranched alkanes of at least 4 members (excludes halogenated alkanes) is 2. The summed E-state index contributed by atoms with van der Waals surface area (Å²) in [6, 6.07) is -5.67. The summed E-state index contributed by atoms with van der Waals surface area (Å²) in [4.78, 5) is 273. The van der Waals surface area contributed by atoms with Crippen molar-refractivity contribution in [2.24, 2.45) is 23.1 Å². The van der Waals surface area contributed by atoms with E-state index in [1.807, 2.05) is 13.8 Å². The molecule has 2 fully saturated rings. The number of fused-ring (bicyclic) bond motifs is 3. The summed E-state index contributed by atoms with van der Waals surface area (Å²) in [5, 5.41) is 49.3. The molecular weight excluding hydrogens is 1720 g/mol. The van der Waals surface area contributed by atoms with Gasteiger partial charge in [-0.15, -0.1) is 11.8 Å². The van der Waals surface area contributed by atoms with Crippen molar-refractivity contribution in [3.63, 3.8) is 0 Å². The number of hydrogen-bond donors (Lipinski definition) is 20. The number of carbonyl (C=O) groups excluding carboxylic acids is 17. The number of aliphatic hydroxyl groups excluding tert-OH is 1. The first-order chi connectivity index (χ1) is 62.4. The highest BCUT2D eigenvalue weighted by molar-refractivity contribution is 8.00. The summed E-state index contributed by atoms with van der Waals surface area (Å²) < 4.78 is 0. The monoisotopic (exact) mass is 1840 g/mol. The average molecular weight is 1840 g/mol. The second-order valence-corrected chi connectivity index (χ2v) is 34.3. The van der Waals surface area contributed by atoms with Gasteiger partial charge in [-0.25, -0.2) is 9.97 Å². The molecular formula is C86H124N26O18S. The highest BCUT2D eigenvalue weighted by Gasteiger charge is 2.44. The number of amides is 17. The molecule has 131 heavy (non-hydrogen) atoms. The number of thioether (sulfide) groups is 1. The Morgan fingerprint density at radius 3 is 1.62 bits per heavy atom. The van der Waals surface area contributed by atoms with Gasteiger partial charge in [-0.3, -0.25) is 86.9 Å². The Hall–Kier alpha value is -13.5. The highest BCUT2D eigenvalue weighted by atomic mass is 32.2. The molecule has 0 spiro atoms. The highest BCUT2D eigenvalue weighted by Crippen LogP contribution is 2.26. The molecule has 0 saturated carbocycles. The van der Waals surface area contributed by atoms with Crippen LogP contribution in [0.2, 0.25) is 0 Å². The lowest BCUT2D eigenvalue weighted by atomic mass is 10.00. The quantitative estimate of drug-likeness (QED) is 0.0143. The molecule has 712 valence electrons. The largest absolute Gasteiger partial charge is 0.394 e. The van der Waals surface area contributed by atoms with Crippen molar-refractivity contribution in [3.05, 3.63) is 108 Å². The Labute approximate surface area is 761 Å². The summed E-state index contributed by atoms with van der Waals surface area (Å²) in [6.07, 6.45) is 8.53. The molecule has 17 amide bonds. The molecule has 0 radical (unpaired) electrons. The maximum Gasteiger partial charge on any atom is 0.246 e. The van der Waals surface area contributed by atoms with E-state index in [9.17, 15) is 62.6 Å². The van der Waals surface area contributed by atoms with Crippen LogP contribution in [-0.2, 0) is 107 Å². The number of H-pyrrole nitrogens is 4. The smallest absolute Gasteiger partial charge is 0.246 e. The first-order valence-corrected chi connectivity index (χ1v) is 44.8. The SMILES string of the molecule is CCCC[C@H]1C(=O)N(C)[C@@H](CCCC)C(=O)N[C@@H](CCCNC(=N)N)C(=O)N[C@@H](C(=O)NCC(N)=O)CSCC(=O)N[C@@H](Cc2cnc[nH]2)C(=O)N(C)[C@@H](C)C(=O)N[C@@H](CC(N)=O)C(=O)N2CCC[C@H]2C(=O)N[C@@H](Cc2cnc[nH]2)C(=O)N[C@@H](CC(C)C)C(=O)N(C)CC(=O)N[C@@H](Cc2c[nH]c3ccccc23)C(=O)N[C@@H](CO)C(=O)N[C@@H](Cc2c[nH]c3ccccc23)C(=O)N1C. The second kappa shape index (κ2) is 49.9. The van der Waals surface area contributed by atoms with Gasteiger partial charge in [-0.2, -0.15) is 0 Å². The molecule has 0 aliphatic carbocycles. The lowest BCUT2D eigenvalue weighted by Crippen LogP contribution is -2.61. The Bertz CT molecular complexity index is 5000. The first-order valence-electron chi connectivity index (χ1n) is 43.6. The molecule has 23 N–H and O–H groups in total. The fourth-order valence-corrected chi connectivity index (χ4v) is 16.4. The molecule has 2 aliphatic rings. The zero-order valence-corrected chi connectivity index (χ0v) is 75.9. The van der Waals surface area contributed by atoms with Crippen LogP contribution in [0.3, 0.4) is 0 Å². The van der Waals surface area contributed by atoms with Crippen LogP contribution in [0.15, 0.2) is 86.0 Å². The Kier molecular flexibility index (Phi) is 39.2. The van der Waals surface area contributed by atoms with Gasteiger partial charge in [0.05, 0.1) is 44.5 Å². The van der Waals surface area contributed by atoms with Crippen LogP contribution in [0.5, 0.6) is 0 Å². The predicted octanol–water partition coefficient (Wildman–Crippen LogP) is -3.41. The Morgan fingerprint density at radius 1 is 0.534 bits per heavy atom. The summed E-state index contributed by atoms with van der Waals surface area (Å²) in [5.74, 6) is -17.3. The van der Waals surface area contributed by atoms with Crippen LogP contribution in [0, 0.1) is 11.3 Å². The zero-order chi connectivity index (χ0) is 95.9. The van der Waals surface area contributed by atoms with Crippen molar-refractivity contribution in [1.82, 2.24) is 113 Å². The van der Waals surface area contributed by atoms with E-state index in [1.165, 1.54) is 60.2 Å². The number of nitrogens with zero attached hydrogens (tertiary/aromatic N) is 7. The lowest BCUT2D eigenvalue weighted by molar-refractivity contribution is -0.149. The van der Waals surface area contributed by atoms with Crippen molar-refractivity contribution in [1.29, 1.82) is 5.41 Å². The van der Waals surface area contributed by atoms with Gasteiger partial charge in [0.1, 0.15) is 78.5 Å². The minimum atomic E-state index is -1.85. The third-order valence-corrected chi connectivity index (χ3v) is 23.9. The van der Waals surface area contributed by atoms with E-state index in [2.05, 4.69) is 88.4 Å². The van der Waals surface area contributed by atoms with E-state index in [4.69, 9.17) is 22.6 Å². The Balaban J connectivity index is 1.18. The number of rotatable bonds is 26. The number of likely N-dealkylation sites (N-methyl/N-ethyl adjacent to an activating group) is 4. The number of imidazole rings is 2. The molecule has 2 aliphatic heterocycles. The lowest BCUT2D eigenvalue weighted by Gasteiger charge is -2.36. The second-order valence-electron chi connectivity index (χ2n) is 33.2. The number of para-hydroxylation sites is 2. The molecule has 8 rings (SSSR count). The number of primary amides is 2. The molecule has 13 atom stereocenters. The van der Waals surface area contributed by atoms with Crippen LogP contribution in [-0.4, -0.2) is 317 Å². The van der Waals surface area contributed by atoms with Gasteiger partial charge >= 0.3 is 0 Å². The molecule has 0 unspecified atom stereocenters. The zero-order valence-electron chi connectivity index (χ0n) is 75.1. The van der Waals surface area contributed by atoms with Gasteiger partial charge in [0.2, 0.25) is 100 Å². The number of aromatic amines is 4. The van der Waals surface area contributed by atoms with Gasteiger partial charge < -0.3 is 125 Å². The topological polar surface area (TPSA) is 650 Å². The summed E-state index contributed by atoms with van der Waals surface area (Å²) in [6.45, 7) is 5.88. The number of guanidine groups is 1. The summed E-state index contributed by atoms with van der Waals surface area (Å²) >= 11 is 0.777. The van der Waals surface area contributed by atoms with Crippen LogP contribution in [0.25, 0.3) is 21.8 Å². The van der Waals surface area contributed by atoms with Gasteiger partial charge in [0.25, 0.3) is 0 Å². The van der Waals surface area contributed by atoms with Crippen molar-refractivity contribution < 1.29 is 86.6 Å². The van der Waals surface area contributed by atoms with Crippen LogP contribution in [0.4, 0.5) is 0 Å². The summed E-state index contributed by atoms with van der Waals surface area (Å²) in [5.41, 5.74) is 19.8. The standard InChI is InChI=1S/C86H124N26O18S/c1-10-12-25-66-79(124)101-57(24-18-28-93-86(89)90)75(120)107-65(74(119)96-40-70(88)115)43-131-44-72(117)100-62(34-52-39-92-46-98-52)82(127)109(7)48(5)73(118)103-63(35-69(87)114)84(129)112-29-19-27-67(112)80(125)102-59(33-51-38-91-45-97-51)77(122)104-60(30-47(3)4)81(126)108(6)41-71(116)99-58(31-49-36-94-55-22-16-14-20-53(49)55)76(121)106-64(42-113)78(123)105-61(32-50-37-95-56-23-17-15-21-54(50)56)83(128)111(9)68(26-13-11-2)85(130)110(66)8/h14-17,20-23,36-39,45-48,57-68,94-95,113H,10-13,18-19,24-35,40-44H2,1-9H3,(H2,87,114)(H2,88,115)(H,91,97)(H,92,98)(H,96,119)(H,99,116)(H,100,117)(H,101,124)(H,102,125)(H,103,118)(H,104,122)(H,105,123)(H,106,121)(H,107,120)(H4,89,90,93)/t48-,57-,58-,59-,60-,61-,62-,63-,64-,65+,66-,67-,68-/m0/s1. The third kappa shape index (κ3) is 29.8. The van der Waals surface area contributed by atoms with Crippen molar-refractivity contribution in [3.8, 4) is 0 Å². The first kappa shape index (κ1) is 103. The molecule has 0 bridgehead atoms. The van der Waals surface area contributed by atoms with Crippen LogP contribution < -0.4 is 75.7 Å². The van der Waals surface area contributed by atoms with Gasteiger partial charge in [0, 0.05) is 131 Å². The summed E-state index contributed by atoms with van der Waals surface area (Å²) in [7, 11) is 5.21. The number of nitrogens with one attached hydrogen (secondary N) is 16. The number of nitrogens with two attached hydrogens (primary N) is 3. The number of hydrogen-bond acceptors (Lipinski definition) is 22. The molecule has 6 aromatic rings. The minimum absolute atomic E-state index is 0.00242. The molecule has 44 nitrogen and oxygen atoms in total.